The van der Waals surface area contributed by atoms with Gasteiger partial charge in [0.15, 0.2) is 17.3 Å². The van der Waals surface area contributed by atoms with E-state index < -0.39 is 0 Å². The number of nitrogen functional groups attached to an aromatic ring is 1. The molecular weight excluding hydrogens is 282 g/mol. The van der Waals surface area contributed by atoms with Gasteiger partial charge in [-0.25, -0.2) is 15.0 Å². The molecule has 8 heteroatoms. The lowest BCUT2D eigenvalue weighted by molar-refractivity contribution is 0.367. The van der Waals surface area contributed by atoms with Crippen LogP contribution in [0.4, 0.5) is 5.82 Å². The minimum Gasteiger partial charge on any atom is -0.382 e. The number of hydrogen-bond acceptors (Lipinski definition) is 7. The van der Waals surface area contributed by atoms with Gasteiger partial charge in [0.25, 0.3) is 0 Å². The van der Waals surface area contributed by atoms with Crippen LogP contribution in [0, 0.1) is 12.8 Å². The van der Waals surface area contributed by atoms with Crippen molar-refractivity contribution >= 4 is 17.0 Å². The minimum absolute atomic E-state index is 0.0552. The highest BCUT2D eigenvalue weighted by atomic mass is 16.5. The van der Waals surface area contributed by atoms with E-state index in [0.29, 0.717) is 29.4 Å². The van der Waals surface area contributed by atoms with Crippen LogP contribution in [0.5, 0.6) is 0 Å². The first-order valence-corrected chi connectivity index (χ1v) is 7.16. The molecule has 0 radical (unpaired) electrons. The quantitative estimate of drug-likeness (QED) is 0.656. The molecule has 0 bridgehead atoms. The molecule has 0 spiro atoms. The third-order valence-electron chi connectivity index (χ3n) is 3.46. The molecule has 116 valence electrons. The van der Waals surface area contributed by atoms with Crippen molar-refractivity contribution in [3.8, 4) is 0 Å². The number of aromatic nitrogens is 5. The largest absolute Gasteiger partial charge is 0.382 e. The van der Waals surface area contributed by atoms with Gasteiger partial charge in [-0.3, -0.25) is 0 Å². The Labute approximate surface area is 127 Å². The summed E-state index contributed by atoms with van der Waals surface area (Å²) in [5, 5.41) is 7.39. The molecule has 3 aromatic rings. The Bertz CT molecular complexity index is 776. The highest BCUT2D eigenvalue weighted by Crippen LogP contribution is 2.22. The summed E-state index contributed by atoms with van der Waals surface area (Å²) in [6.07, 6.45) is 1.56. The molecule has 3 aromatic heterocycles. The van der Waals surface area contributed by atoms with Gasteiger partial charge in [0.05, 0.1) is 18.1 Å². The van der Waals surface area contributed by atoms with Gasteiger partial charge in [0.1, 0.15) is 11.3 Å². The van der Waals surface area contributed by atoms with E-state index in [0.717, 1.165) is 11.5 Å². The van der Waals surface area contributed by atoms with Gasteiger partial charge in [-0.05, 0) is 12.8 Å². The number of nitrogens with zero attached hydrogens (tertiary/aromatic N) is 4. The average Bonchev–Trinajstić information content (AvgIpc) is 3.08. The van der Waals surface area contributed by atoms with Gasteiger partial charge in [-0.1, -0.05) is 19.0 Å². The lowest BCUT2D eigenvalue weighted by atomic mass is 10.0. The molecular formula is C14H19N7O. The summed E-state index contributed by atoms with van der Waals surface area (Å²) < 4.78 is 5.07. The zero-order valence-corrected chi connectivity index (χ0v) is 12.8. The average molecular weight is 301 g/mol. The lowest BCUT2D eigenvalue weighted by Crippen LogP contribution is -2.27. The number of nitrogens with one attached hydrogen (secondary N) is 2. The minimum atomic E-state index is -0.0552. The van der Waals surface area contributed by atoms with Crippen molar-refractivity contribution in [3.63, 3.8) is 0 Å². The maximum Gasteiger partial charge on any atom is 0.183 e. The normalized spacial score (nSPS) is 13.1. The van der Waals surface area contributed by atoms with Crippen molar-refractivity contribution in [3.05, 3.63) is 29.7 Å². The third kappa shape index (κ3) is 2.77. The number of imidazole rings is 1. The van der Waals surface area contributed by atoms with E-state index in [1.165, 1.54) is 0 Å². The van der Waals surface area contributed by atoms with E-state index in [4.69, 9.17) is 10.3 Å². The monoisotopic (exact) mass is 301 g/mol. The third-order valence-corrected chi connectivity index (χ3v) is 3.46. The number of H-pyrrole nitrogens is 1. The summed E-state index contributed by atoms with van der Waals surface area (Å²) in [6.45, 7) is 6.63. The maximum atomic E-state index is 5.97. The second-order valence-electron chi connectivity index (χ2n) is 5.60. The predicted octanol–water partition coefficient (Wildman–Crippen LogP) is 1.72. The van der Waals surface area contributed by atoms with Crippen LogP contribution in [0.1, 0.15) is 37.2 Å². The molecule has 0 aromatic carbocycles. The van der Waals surface area contributed by atoms with Crippen LogP contribution in [0.15, 0.2) is 16.9 Å². The second-order valence-corrected chi connectivity index (χ2v) is 5.60. The Balaban J connectivity index is 1.85. The Kier molecular flexibility index (Phi) is 3.76. The van der Waals surface area contributed by atoms with Crippen LogP contribution < -0.4 is 11.1 Å². The van der Waals surface area contributed by atoms with E-state index >= 15 is 0 Å². The van der Waals surface area contributed by atoms with Crippen molar-refractivity contribution in [2.24, 2.45) is 5.92 Å². The van der Waals surface area contributed by atoms with E-state index in [2.05, 4.69) is 44.3 Å². The second kappa shape index (κ2) is 5.72. The summed E-state index contributed by atoms with van der Waals surface area (Å²) in [4.78, 5) is 16.0. The molecule has 0 aliphatic carbocycles. The molecule has 0 amide bonds. The van der Waals surface area contributed by atoms with Gasteiger partial charge in [-0.15, -0.1) is 0 Å². The number of rotatable bonds is 5. The van der Waals surface area contributed by atoms with Gasteiger partial charge in [0, 0.05) is 12.6 Å². The molecule has 0 saturated heterocycles. The zero-order chi connectivity index (χ0) is 15.7. The SMILES string of the molecule is Cc1cc(CNC(c2nc(N)c3[nH]cnc3n2)C(C)C)no1. The molecule has 0 saturated carbocycles. The fourth-order valence-electron chi connectivity index (χ4n) is 2.35. The molecule has 0 aliphatic rings. The zero-order valence-electron chi connectivity index (χ0n) is 12.8. The smallest absolute Gasteiger partial charge is 0.183 e. The van der Waals surface area contributed by atoms with Gasteiger partial charge < -0.3 is 20.6 Å². The predicted molar refractivity (Wildman–Crippen MR) is 81.8 cm³/mol. The van der Waals surface area contributed by atoms with Gasteiger partial charge in [-0.2, -0.15) is 0 Å². The molecule has 22 heavy (non-hydrogen) atoms. The fourth-order valence-corrected chi connectivity index (χ4v) is 2.35. The Morgan fingerprint density at radius 1 is 1.36 bits per heavy atom. The highest BCUT2D eigenvalue weighted by Gasteiger charge is 2.21. The fraction of sp³-hybridized carbons (Fsp3) is 0.429. The van der Waals surface area contributed by atoms with Crippen molar-refractivity contribution < 1.29 is 4.52 Å². The Hall–Kier alpha value is -2.48. The summed E-state index contributed by atoms with van der Waals surface area (Å²) in [7, 11) is 0. The summed E-state index contributed by atoms with van der Waals surface area (Å²) in [5.74, 6) is 2.11. The number of aromatic amines is 1. The van der Waals surface area contributed by atoms with Gasteiger partial charge >= 0.3 is 0 Å². The van der Waals surface area contributed by atoms with Crippen molar-refractivity contribution in [2.45, 2.75) is 33.4 Å². The molecule has 0 aliphatic heterocycles. The first kappa shape index (κ1) is 14.5. The standard InChI is InChI=1S/C14H19N7O/c1-7(2)10(16-5-9-4-8(3)22-21-9)14-19-12(15)11-13(20-14)18-6-17-11/h4,6-7,10,16H,5H2,1-3H3,(H3,15,17,18,19,20). The van der Waals surface area contributed by atoms with Crippen LogP contribution in [0.3, 0.4) is 0 Å². The lowest BCUT2D eigenvalue weighted by Gasteiger charge is -2.20. The van der Waals surface area contributed by atoms with E-state index in [1.807, 2.05) is 13.0 Å². The molecule has 1 atom stereocenters. The van der Waals surface area contributed by atoms with E-state index in [-0.39, 0.29) is 12.0 Å². The Morgan fingerprint density at radius 2 is 2.18 bits per heavy atom. The number of aryl methyl sites for hydroxylation is 1. The van der Waals surface area contributed by atoms with Crippen LogP contribution in [0.2, 0.25) is 0 Å². The van der Waals surface area contributed by atoms with Crippen molar-refractivity contribution in [1.82, 2.24) is 30.4 Å². The molecule has 3 heterocycles. The van der Waals surface area contributed by atoms with Crippen molar-refractivity contribution in [1.29, 1.82) is 0 Å². The van der Waals surface area contributed by atoms with E-state index in [1.54, 1.807) is 6.33 Å². The molecule has 3 rings (SSSR count). The van der Waals surface area contributed by atoms with Crippen molar-refractivity contribution in [2.75, 3.05) is 5.73 Å². The number of anilines is 1. The first-order valence-electron chi connectivity index (χ1n) is 7.16. The summed E-state index contributed by atoms with van der Waals surface area (Å²) in [5.41, 5.74) is 8.06. The molecule has 0 fully saturated rings. The molecule has 8 nitrogen and oxygen atoms in total. The first-order chi connectivity index (χ1) is 10.5. The number of nitrogens with two attached hydrogens (primary N) is 1. The van der Waals surface area contributed by atoms with Crippen LogP contribution >= 0.6 is 0 Å². The molecule has 4 N–H and O–H groups in total. The van der Waals surface area contributed by atoms with Gasteiger partial charge in [0.2, 0.25) is 0 Å². The van der Waals surface area contributed by atoms with Crippen LogP contribution in [-0.2, 0) is 6.54 Å². The van der Waals surface area contributed by atoms with Crippen LogP contribution in [-0.4, -0.2) is 25.1 Å². The van der Waals surface area contributed by atoms with Crippen LogP contribution in [0.25, 0.3) is 11.2 Å². The summed E-state index contributed by atoms with van der Waals surface area (Å²) in [6, 6.07) is 1.84. The van der Waals surface area contributed by atoms with E-state index in [9.17, 15) is 0 Å². The topological polar surface area (TPSA) is 119 Å². The number of hydrogen-bond donors (Lipinski definition) is 3. The number of fused-ring (bicyclic) bond motifs is 1. The Morgan fingerprint density at radius 3 is 2.86 bits per heavy atom. The summed E-state index contributed by atoms with van der Waals surface area (Å²) >= 11 is 0. The highest BCUT2D eigenvalue weighted by molar-refractivity contribution is 5.80. The maximum absolute atomic E-state index is 5.97. The molecule has 1 unspecified atom stereocenters.